The number of carbonyl (C=O) groups excluding carboxylic acids is 2. The highest BCUT2D eigenvalue weighted by molar-refractivity contribution is 5.78. The van der Waals surface area contributed by atoms with Gasteiger partial charge < -0.3 is 14.8 Å². The molecular formula is C31H45NO4. The van der Waals surface area contributed by atoms with Crippen LogP contribution in [0.4, 0.5) is 0 Å². The third-order valence-electron chi connectivity index (χ3n) is 6.68. The van der Waals surface area contributed by atoms with E-state index in [1.807, 2.05) is 13.0 Å². The second-order valence-corrected chi connectivity index (χ2v) is 10.00. The number of ether oxygens (including phenoxy) is 2. The second kappa shape index (κ2) is 15.3. The number of carbonyl (C=O) groups is 2. The number of rotatable bonds is 15. The zero-order chi connectivity index (χ0) is 26.5. The van der Waals surface area contributed by atoms with Gasteiger partial charge in [-0.25, -0.2) is 0 Å². The number of benzene rings is 2. The molecule has 1 N–H and O–H groups in total. The minimum Gasteiger partial charge on any atom is -0.483 e. The summed E-state index contributed by atoms with van der Waals surface area (Å²) in [6, 6.07) is 8.67. The molecule has 0 aliphatic heterocycles. The van der Waals surface area contributed by atoms with E-state index in [2.05, 4.69) is 55.9 Å². The van der Waals surface area contributed by atoms with Crippen LogP contribution >= 0.6 is 0 Å². The van der Waals surface area contributed by atoms with Gasteiger partial charge in [0.25, 0.3) is 5.91 Å². The smallest absolute Gasteiger partial charge is 0.305 e. The molecule has 0 saturated heterocycles. The summed E-state index contributed by atoms with van der Waals surface area (Å²) in [5.74, 6) is 0.571. The fraction of sp³-hybridized carbons (Fsp3) is 0.548. The Hall–Kier alpha value is -2.82. The lowest BCUT2D eigenvalue weighted by molar-refractivity contribution is -0.140. The van der Waals surface area contributed by atoms with E-state index in [1.54, 1.807) is 0 Å². The van der Waals surface area contributed by atoms with Gasteiger partial charge in [0, 0.05) is 13.0 Å². The molecule has 1 amide bonds. The van der Waals surface area contributed by atoms with Crippen LogP contribution < -0.4 is 10.1 Å². The van der Waals surface area contributed by atoms with Gasteiger partial charge in [-0.3, -0.25) is 9.59 Å². The van der Waals surface area contributed by atoms with Crippen LogP contribution in [0.1, 0.15) is 85.6 Å². The molecule has 5 heteroatoms. The molecule has 2 rings (SSSR count). The fourth-order valence-corrected chi connectivity index (χ4v) is 4.80. The van der Waals surface area contributed by atoms with Crippen molar-refractivity contribution in [2.45, 2.75) is 92.4 Å². The number of hydrogen-bond acceptors (Lipinski definition) is 4. The molecule has 0 radical (unpaired) electrons. The summed E-state index contributed by atoms with van der Waals surface area (Å²) in [5.41, 5.74) is 8.52. The van der Waals surface area contributed by atoms with Crippen LogP contribution in [0, 0.1) is 34.6 Å². The summed E-state index contributed by atoms with van der Waals surface area (Å²) >= 11 is 0. The predicted octanol–water partition coefficient (Wildman–Crippen LogP) is 7.07. The zero-order valence-corrected chi connectivity index (χ0v) is 23.2. The van der Waals surface area contributed by atoms with Gasteiger partial charge in [0.05, 0.1) is 7.11 Å². The molecule has 0 spiro atoms. The first-order chi connectivity index (χ1) is 17.2. The van der Waals surface area contributed by atoms with Crippen molar-refractivity contribution in [2.24, 2.45) is 0 Å². The van der Waals surface area contributed by atoms with Crippen LogP contribution in [0.2, 0.25) is 0 Å². The molecule has 0 aromatic heterocycles. The first kappa shape index (κ1) is 29.4. The molecule has 36 heavy (non-hydrogen) atoms. The Labute approximate surface area is 218 Å². The average Bonchev–Trinajstić information content (AvgIpc) is 2.82. The average molecular weight is 496 g/mol. The van der Waals surface area contributed by atoms with Crippen molar-refractivity contribution in [3.8, 4) is 16.9 Å². The van der Waals surface area contributed by atoms with Crippen molar-refractivity contribution in [1.29, 1.82) is 0 Å². The molecule has 0 atom stereocenters. The van der Waals surface area contributed by atoms with Gasteiger partial charge in [0.15, 0.2) is 6.61 Å². The van der Waals surface area contributed by atoms with E-state index in [1.165, 1.54) is 54.2 Å². The lowest BCUT2D eigenvalue weighted by Crippen LogP contribution is -2.29. The lowest BCUT2D eigenvalue weighted by atomic mass is 9.90. The molecule has 0 aliphatic carbocycles. The minimum absolute atomic E-state index is 0.0355. The molecule has 0 aliphatic rings. The Balaban J connectivity index is 1.67. The van der Waals surface area contributed by atoms with Gasteiger partial charge in [0.1, 0.15) is 5.75 Å². The van der Waals surface area contributed by atoms with Crippen molar-refractivity contribution < 1.29 is 19.1 Å². The molecule has 0 bridgehead atoms. The lowest BCUT2D eigenvalue weighted by Gasteiger charge is -2.17. The summed E-state index contributed by atoms with van der Waals surface area (Å²) in [5, 5.41) is 2.97. The first-order valence-corrected chi connectivity index (χ1v) is 13.4. The van der Waals surface area contributed by atoms with Crippen LogP contribution in [0.5, 0.6) is 5.75 Å². The highest BCUT2D eigenvalue weighted by Crippen LogP contribution is 2.34. The largest absolute Gasteiger partial charge is 0.483 e. The Morgan fingerprint density at radius 1 is 0.722 bits per heavy atom. The third kappa shape index (κ3) is 9.67. The second-order valence-electron chi connectivity index (χ2n) is 10.00. The predicted molar refractivity (Wildman–Crippen MR) is 148 cm³/mol. The molecule has 5 nitrogen and oxygen atoms in total. The number of amides is 1. The quantitative estimate of drug-likeness (QED) is 0.212. The zero-order valence-electron chi connectivity index (χ0n) is 23.2. The van der Waals surface area contributed by atoms with Gasteiger partial charge in [-0.15, -0.1) is 0 Å². The number of aryl methyl sites for hydroxylation is 5. The Morgan fingerprint density at radius 2 is 1.31 bits per heavy atom. The van der Waals surface area contributed by atoms with Gasteiger partial charge in [-0.2, -0.15) is 0 Å². The van der Waals surface area contributed by atoms with Gasteiger partial charge in [-0.1, -0.05) is 56.2 Å². The standard InChI is InChI=1S/C31H45NO4/c1-22-17-25(4)31(26(5)18-22)27-19-24(3)28(20-23(27)2)36-21-29(33)32-16-14-12-10-8-7-9-11-13-15-30(34)35-6/h17-20H,7-16,21H2,1-6H3,(H,32,33). The van der Waals surface area contributed by atoms with E-state index < -0.39 is 0 Å². The number of unbranched alkanes of at least 4 members (excludes halogenated alkanes) is 7. The van der Waals surface area contributed by atoms with Crippen LogP contribution in [0.25, 0.3) is 11.1 Å². The number of hydrogen-bond donors (Lipinski definition) is 1. The summed E-state index contributed by atoms with van der Waals surface area (Å²) in [7, 11) is 1.44. The molecule has 0 fully saturated rings. The van der Waals surface area contributed by atoms with Gasteiger partial charge >= 0.3 is 5.97 Å². The summed E-state index contributed by atoms with van der Waals surface area (Å²) < 4.78 is 10.5. The molecule has 2 aromatic rings. The maximum atomic E-state index is 12.3. The number of esters is 1. The first-order valence-electron chi connectivity index (χ1n) is 13.4. The van der Waals surface area contributed by atoms with Gasteiger partial charge in [-0.05, 0) is 93.0 Å². The molecule has 0 saturated carbocycles. The third-order valence-corrected chi connectivity index (χ3v) is 6.68. The maximum Gasteiger partial charge on any atom is 0.305 e. The van der Waals surface area contributed by atoms with E-state index >= 15 is 0 Å². The fourth-order valence-electron chi connectivity index (χ4n) is 4.80. The van der Waals surface area contributed by atoms with Crippen LogP contribution in [-0.4, -0.2) is 32.1 Å². The molecule has 198 valence electrons. The van der Waals surface area contributed by atoms with E-state index in [0.717, 1.165) is 49.0 Å². The molecular weight excluding hydrogens is 450 g/mol. The van der Waals surface area contributed by atoms with Crippen molar-refractivity contribution in [2.75, 3.05) is 20.3 Å². The van der Waals surface area contributed by atoms with Crippen molar-refractivity contribution >= 4 is 11.9 Å². The Morgan fingerprint density at radius 3 is 1.92 bits per heavy atom. The Kier molecular flexibility index (Phi) is 12.5. The topological polar surface area (TPSA) is 64.6 Å². The number of methoxy groups -OCH3 is 1. The minimum atomic E-state index is -0.117. The van der Waals surface area contributed by atoms with Crippen LogP contribution in [-0.2, 0) is 14.3 Å². The highest BCUT2D eigenvalue weighted by atomic mass is 16.5. The van der Waals surface area contributed by atoms with E-state index in [0.29, 0.717) is 13.0 Å². The van der Waals surface area contributed by atoms with Crippen molar-refractivity contribution in [3.05, 3.63) is 52.1 Å². The summed E-state index contributed by atoms with van der Waals surface area (Å²) in [6.45, 7) is 11.3. The molecule has 2 aromatic carbocycles. The van der Waals surface area contributed by atoms with Crippen LogP contribution in [0.3, 0.4) is 0 Å². The van der Waals surface area contributed by atoms with Crippen molar-refractivity contribution in [3.63, 3.8) is 0 Å². The van der Waals surface area contributed by atoms with E-state index in [-0.39, 0.29) is 18.5 Å². The SMILES string of the molecule is COC(=O)CCCCCCCCCCNC(=O)COc1cc(C)c(-c2c(C)cc(C)cc2C)cc1C. The molecule has 0 heterocycles. The van der Waals surface area contributed by atoms with E-state index in [9.17, 15) is 9.59 Å². The summed E-state index contributed by atoms with van der Waals surface area (Å²) in [6.07, 6.45) is 9.35. The van der Waals surface area contributed by atoms with Crippen molar-refractivity contribution in [1.82, 2.24) is 5.32 Å². The molecule has 0 unspecified atom stereocenters. The summed E-state index contributed by atoms with van der Waals surface area (Å²) in [4.78, 5) is 23.3. The maximum absolute atomic E-state index is 12.3. The number of nitrogens with one attached hydrogen (secondary N) is 1. The highest BCUT2D eigenvalue weighted by Gasteiger charge is 2.13. The van der Waals surface area contributed by atoms with E-state index in [4.69, 9.17) is 4.74 Å². The van der Waals surface area contributed by atoms with Crippen LogP contribution in [0.15, 0.2) is 24.3 Å². The van der Waals surface area contributed by atoms with Gasteiger partial charge in [0.2, 0.25) is 0 Å². The normalized spacial score (nSPS) is 10.8. The Bertz CT molecular complexity index is 989. The monoisotopic (exact) mass is 495 g/mol.